The smallest absolute Gasteiger partial charge is 0.162 e. The fourth-order valence-electron chi connectivity index (χ4n) is 7.00. The van der Waals surface area contributed by atoms with E-state index in [0.29, 0.717) is 10.8 Å². The first-order chi connectivity index (χ1) is 23.2. The molecule has 0 atom stereocenters. The van der Waals surface area contributed by atoms with E-state index in [1.54, 1.807) is 11.3 Å². The average molecular weight is 638 g/mol. The molecule has 0 aliphatic carbocycles. The monoisotopic (exact) mass is 637 g/mol. The fraction of sp³-hybridized carbons (Fsp3) is 0. The molecule has 3 aromatic heterocycles. The maximum Gasteiger partial charge on any atom is 0.162 e. The number of rotatable bonds is 3. The van der Waals surface area contributed by atoms with Gasteiger partial charge in [0.05, 0.1) is 32.0 Å². The highest BCUT2D eigenvalue weighted by Crippen LogP contribution is 2.42. The Morgan fingerprint density at radius 1 is 0.532 bits per heavy atom. The Bertz CT molecular complexity index is 2880. The van der Waals surface area contributed by atoms with Crippen molar-refractivity contribution >= 4 is 86.6 Å². The van der Waals surface area contributed by atoms with E-state index in [2.05, 4.69) is 144 Å². The van der Waals surface area contributed by atoms with Crippen LogP contribution in [0.5, 0.6) is 0 Å². The second-order valence-electron chi connectivity index (χ2n) is 12.0. The molecule has 47 heavy (non-hydrogen) atoms. The van der Waals surface area contributed by atoms with Crippen molar-refractivity contribution in [2.75, 3.05) is 0 Å². The number of para-hydroxylation sites is 1. The maximum absolute atomic E-state index is 7.04. The molecule has 220 valence electrons. The molecule has 0 amide bonds. The van der Waals surface area contributed by atoms with Gasteiger partial charge >= 0.3 is 0 Å². The van der Waals surface area contributed by atoms with Crippen LogP contribution in [-0.2, 0) is 0 Å². The number of fused-ring (bicyclic) bond motifs is 8. The highest BCUT2D eigenvalue weighted by molar-refractivity contribution is 7.26. The minimum absolute atomic E-state index is 0.613. The summed E-state index contributed by atoms with van der Waals surface area (Å²) in [5.41, 5.74) is 7.03. The lowest BCUT2D eigenvalue weighted by atomic mass is 10.0. The molecule has 10 rings (SSSR count). The largest absolute Gasteiger partial charge is 0.309 e. The van der Waals surface area contributed by atoms with Crippen molar-refractivity contribution < 1.29 is 0 Å². The number of hydrogen-bond acceptors (Lipinski definition) is 3. The Hall–Kier alpha value is -5.55. The molecule has 0 unspecified atom stereocenters. The highest BCUT2D eigenvalue weighted by atomic mass is 35.5. The minimum atomic E-state index is 0.613. The number of halogens is 1. The van der Waals surface area contributed by atoms with Crippen molar-refractivity contribution in [3.8, 4) is 28.3 Å². The van der Waals surface area contributed by atoms with Gasteiger partial charge in [0.2, 0.25) is 0 Å². The normalized spacial score (nSPS) is 11.9. The molecule has 0 radical (unpaired) electrons. The highest BCUT2D eigenvalue weighted by Gasteiger charge is 2.20. The second-order valence-corrected chi connectivity index (χ2v) is 13.4. The van der Waals surface area contributed by atoms with E-state index in [4.69, 9.17) is 21.6 Å². The summed E-state index contributed by atoms with van der Waals surface area (Å²) in [6.07, 6.45) is 0. The predicted molar refractivity (Wildman–Crippen MR) is 200 cm³/mol. The van der Waals surface area contributed by atoms with Gasteiger partial charge in [-0.25, -0.2) is 9.97 Å². The topological polar surface area (TPSA) is 30.7 Å². The van der Waals surface area contributed by atoms with Crippen LogP contribution in [0.3, 0.4) is 0 Å². The molecule has 5 heteroatoms. The third-order valence-corrected chi connectivity index (χ3v) is 10.7. The zero-order valence-electron chi connectivity index (χ0n) is 25.0. The van der Waals surface area contributed by atoms with Crippen molar-refractivity contribution in [3.05, 3.63) is 151 Å². The average Bonchev–Trinajstić information content (AvgIpc) is 3.66. The lowest BCUT2D eigenvalue weighted by molar-refractivity contribution is 1.17. The maximum atomic E-state index is 7.04. The Morgan fingerprint density at radius 3 is 2.09 bits per heavy atom. The molecule has 7 aromatic carbocycles. The summed E-state index contributed by atoms with van der Waals surface area (Å²) in [6.45, 7) is 0. The van der Waals surface area contributed by atoms with Crippen LogP contribution in [0, 0.1) is 0 Å². The summed E-state index contributed by atoms with van der Waals surface area (Å²) >= 11 is 8.78. The van der Waals surface area contributed by atoms with Crippen LogP contribution >= 0.6 is 22.9 Å². The fourth-order valence-corrected chi connectivity index (χ4v) is 8.36. The van der Waals surface area contributed by atoms with Crippen molar-refractivity contribution in [1.82, 2.24) is 14.5 Å². The standard InChI is InChI=1S/C42H24ClN3S/c43-35-20-19-30(46-36-15-7-5-13-31(36)33-22-27-11-3-4-12-28(27)23-37(33)46)24-34(35)42-44-39(29-18-17-25-9-1-2-10-26(25)21-29)41-40(45-42)32-14-6-8-16-38(32)47-41/h1-24H. The van der Waals surface area contributed by atoms with Gasteiger partial charge in [-0.1, -0.05) is 109 Å². The third-order valence-electron chi connectivity index (χ3n) is 9.23. The summed E-state index contributed by atoms with van der Waals surface area (Å²) < 4.78 is 4.60. The van der Waals surface area contributed by atoms with E-state index >= 15 is 0 Å². The summed E-state index contributed by atoms with van der Waals surface area (Å²) in [5.74, 6) is 0.613. The molecule has 0 saturated carbocycles. The number of hydrogen-bond donors (Lipinski definition) is 0. The molecule has 10 aromatic rings. The quantitative estimate of drug-likeness (QED) is 0.193. The molecule has 0 saturated heterocycles. The first-order valence-electron chi connectivity index (χ1n) is 15.6. The van der Waals surface area contributed by atoms with E-state index in [-0.39, 0.29) is 0 Å². The van der Waals surface area contributed by atoms with Crippen molar-refractivity contribution in [2.45, 2.75) is 0 Å². The van der Waals surface area contributed by atoms with E-state index < -0.39 is 0 Å². The van der Waals surface area contributed by atoms with E-state index in [1.165, 1.54) is 37.0 Å². The number of aromatic nitrogens is 3. The zero-order valence-corrected chi connectivity index (χ0v) is 26.6. The van der Waals surface area contributed by atoms with Gasteiger partial charge in [-0.05, 0) is 70.1 Å². The van der Waals surface area contributed by atoms with E-state index in [9.17, 15) is 0 Å². The van der Waals surface area contributed by atoms with Gasteiger partial charge in [-0.3, -0.25) is 0 Å². The van der Waals surface area contributed by atoms with Crippen LogP contribution in [-0.4, -0.2) is 14.5 Å². The summed E-state index contributed by atoms with van der Waals surface area (Å²) in [4.78, 5) is 10.5. The molecular weight excluding hydrogens is 614 g/mol. The van der Waals surface area contributed by atoms with Crippen LogP contribution in [0.1, 0.15) is 0 Å². The lowest BCUT2D eigenvalue weighted by Crippen LogP contribution is -1.98. The minimum Gasteiger partial charge on any atom is -0.309 e. The van der Waals surface area contributed by atoms with Crippen LogP contribution in [0.4, 0.5) is 0 Å². The van der Waals surface area contributed by atoms with Gasteiger partial charge in [0.15, 0.2) is 5.82 Å². The second kappa shape index (κ2) is 10.2. The molecule has 3 heterocycles. The van der Waals surface area contributed by atoms with Gasteiger partial charge in [0.25, 0.3) is 0 Å². The van der Waals surface area contributed by atoms with Crippen LogP contribution in [0.25, 0.3) is 92.0 Å². The van der Waals surface area contributed by atoms with Gasteiger partial charge in [0, 0.05) is 37.7 Å². The molecule has 0 spiro atoms. The summed E-state index contributed by atoms with van der Waals surface area (Å²) in [5, 5.41) is 8.98. The molecular formula is C42H24ClN3S. The van der Waals surface area contributed by atoms with Gasteiger partial charge in [-0.2, -0.15) is 0 Å². The van der Waals surface area contributed by atoms with E-state index in [0.717, 1.165) is 49.1 Å². The predicted octanol–water partition coefficient (Wildman–Crippen LogP) is 12.2. The first kappa shape index (κ1) is 26.6. The van der Waals surface area contributed by atoms with Crippen LogP contribution in [0.2, 0.25) is 5.02 Å². The van der Waals surface area contributed by atoms with Gasteiger partial charge in [-0.15, -0.1) is 11.3 Å². The molecule has 0 bridgehead atoms. The van der Waals surface area contributed by atoms with Crippen LogP contribution < -0.4 is 0 Å². The van der Waals surface area contributed by atoms with Gasteiger partial charge < -0.3 is 4.57 Å². The molecule has 0 aliphatic heterocycles. The zero-order chi connectivity index (χ0) is 31.1. The number of benzene rings is 7. The molecule has 0 N–H and O–H groups in total. The van der Waals surface area contributed by atoms with Crippen LogP contribution in [0.15, 0.2) is 146 Å². The molecule has 0 fully saturated rings. The third kappa shape index (κ3) is 4.12. The Balaban J connectivity index is 1.24. The van der Waals surface area contributed by atoms with Crippen molar-refractivity contribution in [3.63, 3.8) is 0 Å². The summed E-state index contributed by atoms with van der Waals surface area (Å²) in [6, 6.07) is 51.4. The number of nitrogens with zero attached hydrogens (tertiary/aromatic N) is 3. The van der Waals surface area contributed by atoms with Crippen molar-refractivity contribution in [1.29, 1.82) is 0 Å². The first-order valence-corrected chi connectivity index (χ1v) is 16.8. The molecule has 0 aliphatic rings. The Kier molecular flexibility index (Phi) is 5.80. The lowest BCUT2D eigenvalue weighted by Gasteiger charge is -2.13. The van der Waals surface area contributed by atoms with E-state index in [1.807, 2.05) is 6.07 Å². The molecule has 3 nitrogen and oxygen atoms in total. The van der Waals surface area contributed by atoms with Gasteiger partial charge in [0.1, 0.15) is 0 Å². The number of thiophene rings is 1. The van der Waals surface area contributed by atoms with Crippen molar-refractivity contribution in [2.24, 2.45) is 0 Å². The Morgan fingerprint density at radius 2 is 1.23 bits per heavy atom. The summed E-state index contributed by atoms with van der Waals surface area (Å²) in [7, 11) is 0. The SMILES string of the molecule is Clc1ccc(-n2c3ccccc3c3cc4ccccc4cc32)cc1-c1nc(-c2ccc3ccccc3c2)c2sc3ccccc3c2n1. The Labute approximate surface area is 278 Å².